The van der Waals surface area contributed by atoms with Crippen molar-refractivity contribution in [2.24, 2.45) is 5.92 Å². The standard InChI is InChI=1S/C25H30N2O6/c1-14(2)18-11-19-17(10-21(28)33-20(19)9-15(18)3)13-32-22(29)12-27-23(30)25(26-24(27)31)8-6-5-7-16(25)4/h9-11,14,16H,5-8,12-13H2,1-4H3,(H,26,31). The van der Waals surface area contributed by atoms with Crippen LogP contribution in [0.5, 0.6) is 0 Å². The predicted octanol–water partition coefficient (Wildman–Crippen LogP) is 3.77. The molecular formula is C25H30N2O6. The van der Waals surface area contributed by atoms with Crippen LogP contribution in [0.3, 0.4) is 0 Å². The molecule has 1 saturated carbocycles. The smallest absolute Gasteiger partial charge is 0.336 e. The van der Waals surface area contributed by atoms with E-state index in [4.69, 9.17) is 9.15 Å². The van der Waals surface area contributed by atoms with Crippen molar-refractivity contribution in [1.82, 2.24) is 10.2 Å². The third-order valence-electron chi connectivity index (χ3n) is 7.02. The lowest BCUT2D eigenvalue weighted by molar-refractivity contribution is -0.149. The fourth-order valence-corrected chi connectivity index (χ4v) is 5.10. The maximum absolute atomic E-state index is 13.0. The molecule has 33 heavy (non-hydrogen) atoms. The monoisotopic (exact) mass is 454 g/mol. The molecular weight excluding hydrogens is 424 g/mol. The van der Waals surface area contributed by atoms with Crippen molar-refractivity contribution in [3.63, 3.8) is 0 Å². The maximum atomic E-state index is 13.0. The molecule has 8 heteroatoms. The molecule has 1 aliphatic carbocycles. The highest BCUT2D eigenvalue weighted by atomic mass is 16.5. The number of nitrogens with zero attached hydrogens (tertiary/aromatic N) is 1. The van der Waals surface area contributed by atoms with Crippen LogP contribution in [-0.2, 0) is 20.9 Å². The molecule has 8 nitrogen and oxygen atoms in total. The third kappa shape index (κ3) is 4.14. The Kier molecular flexibility index (Phi) is 6.03. The molecule has 2 aromatic rings. The van der Waals surface area contributed by atoms with Gasteiger partial charge in [-0.05, 0) is 54.9 Å². The highest BCUT2D eigenvalue weighted by Crippen LogP contribution is 2.38. The lowest BCUT2D eigenvalue weighted by Crippen LogP contribution is -2.54. The second-order valence-electron chi connectivity index (χ2n) is 9.55. The Morgan fingerprint density at radius 1 is 1.24 bits per heavy atom. The van der Waals surface area contributed by atoms with E-state index in [9.17, 15) is 19.2 Å². The van der Waals surface area contributed by atoms with Gasteiger partial charge in [0.05, 0.1) is 0 Å². The number of urea groups is 1. The maximum Gasteiger partial charge on any atom is 0.336 e. The summed E-state index contributed by atoms with van der Waals surface area (Å²) in [5, 5.41) is 3.52. The number of ether oxygens (including phenoxy) is 1. The van der Waals surface area contributed by atoms with Crippen molar-refractivity contribution in [2.45, 2.75) is 71.4 Å². The van der Waals surface area contributed by atoms with Gasteiger partial charge < -0.3 is 14.5 Å². The molecule has 3 amide bonds. The zero-order valence-electron chi connectivity index (χ0n) is 19.5. The van der Waals surface area contributed by atoms with Crippen molar-refractivity contribution >= 4 is 28.9 Å². The van der Waals surface area contributed by atoms with E-state index in [0.717, 1.165) is 35.3 Å². The number of imide groups is 1. The molecule has 176 valence electrons. The van der Waals surface area contributed by atoms with Crippen molar-refractivity contribution in [3.8, 4) is 0 Å². The van der Waals surface area contributed by atoms with Gasteiger partial charge in [0.25, 0.3) is 5.91 Å². The second-order valence-corrected chi connectivity index (χ2v) is 9.55. The Morgan fingerprint density at radius 2 is 2.00 bits per heavy atom. The van der Waals surface area contributed by atoms with Crippen LogP contribution in [0, 0.1) is 12.8 Å². The van der Waals surface area contributed by atoms with Crippen LogP contribution < -0.4 is 10.9 Å². The van der Waals surface area contributed by atoms with Gasteiger partial charge in [0.1, 0.15) is 24.3 Å². The van der Waals surface area contributed by atoms with Crippen LogP contribution in [0.2, 0.25) is 0 Å². The fraction of sp³-hybridized carbons (Fsp3) is 0.520. The molecule has 1 aromatic carbocycles. The molecule has 2 unspecified atom stereocenters. The summed E-state index contributed by atoms with van der Waals surface area (Å²) in [6, 6.07) is 4.51. The third-order valence-corrected chi connectivity index (χ3v) is 7.02. The number of fused-ring (bicyclic) bond motifs is 1. The van der Waals surface area contributed by atoms with Crippen LogP contribution in [0.25, 0.3) is 11.0 Å². The van der Waals surface area contributed by atoms with Gasteiger partial charge in [0.15, 0.2) is 0 Å². The minimum absolute atomic E-state index is 0.0113. The van der Waals surface area contributed by atoms with E-state index in [1.54, 1.807) is 0 Å². The number of aryl methyl sites for hydroxylation is 1. The van der Waals surface area contributed by atoms with E-state index in [1.807, 2.05) is 26.0 Å². The molecule has 1 aliphatic heterocycles. The summed E-state index contributed by atoms with van der Waals surface area (Å²) in [5.74, 6) is -0.792. The number of benzene rings is 1. The largest absolute Gasteiger partial charge is 0.459 e. The first kappa shape index (κ1) is 23.0. The van der Waals surface area contributed by atoms with Crippen molar-refractivity contribution in [1.29, 1.82) is 0 Å². The van der Waals surface area contributed by atoms with Crippen molar-refractivity contribution < 1.29 is 23.5 Å². The molecule has 2 heterocycles. The Morgan fingerprint density at radius 3 is 2.70 bits per heavy atom. The van der Waals surface area contributed by atoms with Gasteiger partial charge in [-0.3, -0.25) is 14.5 Å². The summed E-state index contributed by atoms with van der Waals surface area (Å²) >= 11 is 0. The molecule has 1 N–H and O–H groups in total. The van der Waals surface area contributed by atoms with Crippen LogP contribution in [0.15, 0.2) is 27.4 Å². The molecule has 4 rings (SSSR count). The van der Waals surface area contributed by atoms with Crippen LogP contribution in [0.4, 0.5) is 4.79 Å². The predicted molar refractivity (Wildman–Crippen MR) is 122 cm³/mol. The van der Waals surface area contributed by atoms with Gasteiger partial charge in [0, 0.05) is 17.0 Å². The van der Waals surface area contributed by atoms with Gasteiger partial charge in [-0.2, -0.15) is 0 Å². The average molecular weight is 455 g/mol. The van der Waals surface area contributed by atoms with Crippen molar-refractivity contribution in [3.05, 3.63) is 45.3 Å². The van der Waals surface area contributed by atoms with Gasteiger partial charge in [0.2, 0.25) is 0 Å². The van der Waals surface area contributed by atoms with E-state index >= 15 is 0 Å². The number of nitrogens with one attached hydrogen (secondary N) is 1. The SMILES string of the molecule is Cc1cc2oc(=O)cc(COC(=O)CN3C(=O)NC4(CCCCC4C)C3=O)c2cc1C(C)C. The van der Waals surface area contributed by atoms with E-state index in [2.05, 4.69) is 19.2 Å². The van der Waals surface area contributed by atoms with Crippen LogP contribution >= 0.6 is 0 Å². The first-order valence-corrected chi connectivity index (χ1v) is 11.5. The lowest BCUT2D eigenvalue weighted by Gasteiger charge is -2.36. The average Bonchev–Trinajstić information content (AvgIpc) is 2.98. The molecule has 1 saturated heterocycles. The molecule has 2 aliphatic rings. The van der Waals surface area contributed by atoms with Crippen LogP contribution in [0.1, 0.15) is 69.1 Å². The summed E-state index contributed by atoms with van der Waals surface area (Å²) in [6.45, 7) is 7.44. The first-order chi connectivity index (χ1) is 15.6. The molecule has 2 fully saturated rings. The summed E-state index contributed by atoms with van der Waals surface area (Å²) in [5.41, 5.74) is 1.61. The number of carbonyl (C=O) groups is 3. The van der Waals surface area contributed by atoms with Gasteiger partial charge in [-0.1, -0.05) is 33.6 Å². The topological polar surface area (TPSA) is 106 Å². The fourth-order valence-electron chi connectivity index (χ4n) is 5.10. The van der Waals surface area contributed by atoms with Gasteiger partial charge >= 0.3 is 17.6 Å². The van der Waals surface area contributed by atoms with Gasteiger partial charge in [-0.25, -0.2) is 9.59 Å². The van der Waals surface area contributed by atoms with E-state index in [1.165, 1.54) is 6.07 Å². The Bertz CT molecular complexity index is 1180. The summed E-state index contributed by atoms with van der Waals surface area (Å²) in [6.07, 6.45) is 3.31. The highest BCUT2D eigenvalue weighted by Gasteiger charge is 2.55. The quantitative estimate of drug-likeness (QED) is 0.419. The number of rotatable bonds is 5. The number of hydrogen-bond donors (Lipinski definition) is 1. The minimum Gasteiger partial charge on any atom is -0.459 e. The number of hydrogen-bond acceptors (Lipinski definition) is 6. The zero-order chi connectivity index (χ0) is 23.9. The number of carbonyl (C=O) groups excluding carboxylic acids is 3. The van der Waals surface area contributed by atoms with Crippen molar-refractivity contribution in [2.75, 3.05) is 6.54 Å². The zero-order valence-corrected chi connectivity index (χ0v) is 19.5. The second kappa shape index (κ2) is 8.65. The Labute approximate surface area is 192 Å². The number of esters is 1. The number of amides is 3. The Balaban J connectivity index is 1.50. The summed E-state index contributed by atoms with van der Waals surface area (Å²) in [4.78, 5) is 51.1. The van der Waals surface area contributed by atoms with E-state index < -0.39 is 29.7 Å². The molecule has 1 spiro atoms. The lowest BCUT2D eigenvalue weighted by atomic mass is 9.73. The summed E-state index contributed by atoms with van der Waals surface area (Å²) in [7, 11) is 0. The normalized spacial score (nSPS) is 22.9. The van der Waals surface area contributed by atoms with E-state index in [0.29, 0.717) is 23.0 Å². The molecule has 0 radical (unpaired) electrons. The molecule has 0 bridgehead atoms. The Hall–Kier alpha value is -3.16. The van der Waals surface area contributed by atoms with E-state index in [-0.39, 0.29) is 24.3 Å². The van der Waals surface area contributed by atoms with Crippen LogP contribution in [-0.4, -0.2) is 34.9 Å². The first-order valence-electron chi connectivity index (χ1n) is 11.5. The van der Waals surface area contributed by atoms with Gasteiger partial charge in [-0.15, -0.1) is 0 Å². The summed E-state index contributed by atoms with van der Waals surface area (Å²) < 4.78 is 10.7. The molecule has 2 atom stereocenters. The molecule has 1 aromatic heterocycles. The highest BCUT2D eigenvalue weighted by molar-refractivity contribution is 6.09. The minimum atomic E-state index is -0.921.